The van der Waals surface area contributed by atoms with Crippen LogP contribution in [0.5, 0.6) is 5.75 Å². The Morgan fingerprint density at radius 3 is 2.52 bits per heavy atom. The highest BCUT2D eigenvalue weighted by molar-refractivity contribution is 5.97. The summed E-state index contributed by atoms with van der Waals surface area (Å²) in [6.45, 7) is 2.85. The Morgan fingerprint density at radius 1 is 1.00 bits per heavy atom. The molecule has 29 heavy (non-hydrogen) atoms. The zero-order valence-corrected chi connectivity index (χ0v) is 17.1. The maximum atomic E-state index is 12.8. The fourth-order valence-electron chi connectivity index (χ4n) is 4.35. The molecule has 1 aliphatic heterocycles. The van der Waals surface area contributed by atoms with Crippen molar-refractivity contribution in [3.63, 3.8) is 0 Å². The lowest BCUT2D eigenvalue weighted by Gasteiger charge is -2.32. The third-order valence-electron chi connectivity index (χ3n) is 6.01. The van der Waals surface area contributed by atoms with E-state index in [0.29, 0.717) is 17.4 Å². The molecule has 2 aliphatic rings. The van der Waals surface area contributed by atoms with E-state index in [2.05, 4.69) is 21.3 Å². The number of aromatic nitrogens is 1. The first-order valence-electron chi connectivity index (χ1n) is 11.0. The molecule has 2 fully saturated rings. The van der Waals surface area contributed by atoms with Crippen LogP contribution in [0.2, 0.25) is 0 Å². The van der Waals surface area contributed by atoms with Crippen molar-refractivity contribution >= 4 is 5.91 Å². The summed E-state index contributed by atoms with van der Waals surface area (Å²) in [5.41, 5.74) is 1.77. The van der Waals surface area contributed by atoms with Crippen LogP contribution < -0.4 is 10.1 Å². The fraction of sp³-hybridized carbons (Fsp3) is 0.500. The number of nitrogens with zero attached hydrogens (tertiary/aromatic N) is 2. The summed E-state index contributed by atoms with van der Waals surface area (Å²) in [5.74, 6) is 0.712. The van der Waals surface area contributed by atoms with Crippen LogP contribution in [-0.4, -0.2) is 41.0 Å². The molecule has 1 aromatic heterocycles. The van der Waals surface area contributed by atoms with E-state index in [9.17, 15) is 4.79 Å². The van der Waals surface area contributed by atoms with E-state index in [4.69, 9.17) is 4.74 Å². The second-order valence-corrected chi connectivity index (χ2v) is 8.22. The number of benzene rings is 1. The first-order chi connectivity index (χ1) is 14.3. The third-order valence-corrected chi connectivity index (χ3v) is 6.01. The number of rotatable bonds is 6. The van der Waals surface area contributed by atoms with Gasteiger partial charge in [0.25, 0.3) is 5.91 Å². The average molecular weight is 394 g/mol. The molecule has 1 saturated heterocycles. The van der Waals surface area contributed by atoms with Gasteiger partial charge in [-0.25, -0.2) is 0 Å². The number of amides is 1. The van der Waals surface area contributed by atoms with Crippen molar-refractivity contribution < 1.29 is 9.53 Å². The first kappa shape index (κ1) is 19.9. The zero-order valence-electron chi connectivity index (χ0n) is 17.1. The molecule has 0 spiro atoms. The predicted molar refractivity (Wildman–Crippen MR) is 114 cm³/mol. The molecule has 0 unspecified atom stereocenters. The number of carbonyl (C=O) groups is 1. The summed E-state index contributed by atoms with van der Waals surface area (Å²) >= 11 is 0. The van der Waals surface area contributed by atoms with Gasteiger partial charge in [-0.05, 0) is 49.9 Å². The maximum Gasteiger partial charge on any atom is 0.255 e. The SMILES string of the molecule is O=C(NC1CCCCC1)c1ccccc1OC1CCN(Cc2ccccn2)CC1. The lowest BCUT2D eigenvalue weighted by Crippen LogP contribution is -2.39. The highest BCUT2D eigenvalue weighted by Crippen LogP contribution is 2.25. The molecule has 0 bridgehead atoms. The standard InChI is InChI=1S/C24H31N3O2/c28-24(26-19-8-2-1-3-9-19)22-11-4-5-12-23(22)29-21-13-16-27(17-14-21)18-20-10-6-7-15-25-20/h4-7,10-12,15,19,21H,1-3,8-9,13-14,16-18H2,(H,26,28). The minimum Gasteiger partial charge on any atom is -0.489 e. The van der Waals surface area contributed by atoms with Crippen molar-refractivity contribution in [3.8, 4) is 5.75 Å². The molecule has 1 amide bonds. The highest BCUT2D eigenvalue weighted by Gasteiger charge is 2.24. The van der Waals surface area contributed by atoms with Crippen molar-refractivity contribution in [2.45, 2.75) is 63.6 Å². The van der Waals surface area contributed by atoms with E-state index < -0.39 is 0 Å². The van der Waals surface area contributed by atoms with Crippen molar-refractivity contribution in [1.82, 2.24) is 15.2 Å². The second-order valence-electron chi connectivity index (χ2n) is 8.22. The number of hydrogen-bond acceptors (Lipinski definition) is 4. The Bertz CT molecular complexity index is 782. The number of likely N-dealkylation sites (tertiary alicyclic amines) is 1. The van der Waals surface area contributed by atoms with Gasteiger partial charge in [0.15, 0.2) is 0 Å². The van der Waals surface area contributed by atoms with Gasteiger partial charge in [-0.3, -0.25) is 14.7 Å². The molecule has 0 radical (unpaired) electrons. The Morgan fingerprint density at radius 2 is 1.76 bits per heavy atom. The Labute approximate surface area is 173 Å². The van der Waals surface area contributed by atoms with Gasteiger partial charge in [-0.15, -0.1) is 0 Å². The van der Waals surface area contributed by atoms with Crippen molar-refractivity contribution in [3.05, 3.63) is 59.9 Å². The van der Waals surface area contributed by atoms with Gasteiger partial charge in [0.1, 0.15) is 11.9 Å². The van der Waals surface area contributed by atoms with E-state index in [0.717, 1.165) is 51.0 Å². The molecule has 2 heterocycles. The van der Waals surface area contributed by atoms with Crippen LogP contribution in [-0.2, 0) is 6.54 Å². The number of nitrogens with one attached hydrogen (secondary N) is 1. The lowest BCUT2D eigenvalue weighted by molar-refractivity contribution is 0.0873. The van der Waals surface area contributed by atoms with Crippen LogP contribution in [0.1, 0.15) is 61.0 Å². The Hall–Kier alpha value is -2.40. The van der Waals surface area contributed by atoms with Crippen LogP contribution in [0.25, 0.3) is 0 Å². The molecule has 154 valence electrons. The van der Waals surface area contributed by atoms with Gasteiger partial charge < -0.3 is 10.1 Å². The molecule has 5 nitrogen and oxygen atoms in total. The van der Waals surface area contributed by atoms with Crippen molar-refractivity contribution in [2.24, 2.45) is 0 Å². The predicted octanol–water partition coefficient (Wildman–Crippen LogP) is 4.19. The molecule has 1 aliphatic carbocycles. The number of ether oxygens (including phenoxy) is 1. The number of piperidine rings is 1. The molecule has 1 N–H and O–H groups in total. The second kappa shape index (κ2) is 9.88. The molecule has 5 heteroatoms. The van der Waals surface area contributed by atoms with Crippen molar-refractivity contribution in [1.29, 1.82) is 0 Å². The lowest BCUT2D eigenvalue weighted by atomic mass is 9.95. The molecule has 0 atom stereocenters. The van der Waals surface area contributed by atoms with Gasteiger partial charge in [0, 0.05) is 31.9 Å². The third kappa shape index (κ3) is 5.57. The molecule has 4 rings (SSSR count). The van der Waals surface area contributed by atoms with Crippen LogP contribution in [0.3, 0.4) is 0 Å². The molecular formula is C24H31N3O2. The van der Waals surface area contributed by atoms with Gasteiger partial charge in [0.05, 0.1) is 11.3 Å². The molecule has 2 aromatic rings. The first-order valence-corrected chi connectivity index (χ1v) is 11.0. The van der Waals surface area contributed by atoms with E-state index in [1.54, 1.807) is 0 Å². The van der Waals surface area contributed by atoms with Gasteiger partial charge >= 0.3 is 0 Å². The topological polar surface area (TPSA) is 54.5 Å². The smallest absolute Gasteiger partial charge is 0.255 e. The summed E-state index contributed by atoms with van der Waals surface area (Å²) in [5, 5.41) is 3.21. The van der Waals surface area contributed by atoms with Crippen molar-refractivity contribution in [2.75, 3.05) is 13.1 Å². The summed E-state index contributed by atoms with van der Waals surface area (Å²) in [6.07, 6.45) is 9.80. The normalized spacial score (nSPS) is 19.0. The highest BCUT2D eigenvalue weighted by atomic mass is 16.5. The maximum absolute atomic E-state index is 12.8. The quantitative estimate of drug-likeness (QED) is 0.800. The van der Waals surface area contributed by atoms with Gasteiger partial charge in [0.2, 0.25) is 0 Å². The number of carbonyl (C=O) groups excluding carboxylic acids is 1. The summed E-state index contributed by atoms with van der Waals surface area (Å²) in [7, 11) is 0. The molecule has 1 aromatic carbocycles. The molecule has 1 saturated carbocycles. The van der Waals surface area contributed by atoms with Crippen LogP contribution in [0.4, 0.5) is 0 Å². The molecular weight excluding hydrogens is 362 g/mol. The number of para-hydroxylation sites is 1. The monoisotopic (exact) mass is 393 g/mol. The van der Waals surface area contributed by atoms with E-state index in [-0.39, 0.29) is 12.0 Å². The van der Waals surface area contributed by atoms with Gasteiger partial charge in [-0.1, -0.05) is 37.5 Å². The van der Waals surface area contributed by atoms with Gasteiger partial charge in [-0.2, -0.15) is 0 Å². The summed E-state index contributed by atoms with van der Waals surface area (Å²) < 4.78 is 6.29. The van der Waals surface area contributed by atoms with Crippen LogP contribution in [0, 0.1) is 0 Å². The Kier molecular flexibility index (Phi) is 6.78. The Balaban J connectivity index is 1.31. The fourth-order valence-corrected chi connectivity index (χ4v) is 4.35. The minimum atomic E-state index is 0.0000814. The van der Waals surface area contributed by atoms with Crippen LogP contribution in [0.15, 0.2) is 48.7 Å². The van der Waals surface area contributed by atoms with E-state index >= 15 is 0 Å². The minimum absolute atomic E-state index is 0.0000814. The zero-order chi connectivity index (χ0) is 19.9. The van der Waals surface area contributed by atoms with Crippen LogP contribution >= 0.6 is 0 Å². The number of hydrogen-bond donors (Lipinski definition) is 1. The van der Waals surface area contributed by atoms with E-state index in [1.807, 2.05) is 42.6 Å². The largest absolute Gasteiger partial charge is 0.489 e. The number of pyridine rings is 1. The average Bonchev–Trinajstić information content (AvgIpc) is 2.77. The summed E-state index contributed by atoms with van der Waals surface area (Å²) in [4.78, 5) is 19.7. The summed E-state index contributed by atoms with van der Waals surface area (Å²) in [6, 6.07) is 14.0. The van der Waals surface area contributed by atoms with E-state index in [1.165, 1.54) is 19.3 Å².